The van der Waals surface area contributed by atoms with E-state index >= 15 is 0 Å². The standard InChI is InChI=1S/C27H43N3O3.HNO3/c1-25-10-6-20(33-14-3-13-30-24(28)29)16-19(25)4-5-23-22(25)7-11-26(2)21(8-12-27(23,26)31)18-9-15-32-17-18;2-1(3)4/h9,15,17,19-23,31H,3-8,10-14,16H2,1-2H3,(H4,28,29,30);(H,2,3,4)/t19-,20+,21-,22+,23-,25+,26-,27+;/m1./s1. The van der Waals surface area contributed by atoms with Crippen molar-refractivity contribution in [3.05, 3.63) is 34.3 Å². The fraction of sp³-hybridized carbons (Fsp3) is 0.815. The smallest absolute Gasteiger partial charge is 0.291 e. The number of hydrogen-bond acceptors (Lipinski definition) is 6. The zero-order valence-electron chi connectivity index (χ0n) is 22.2. The number of hydrogen-bond donors (Lipinski definition) is 4. The van der Waals surface area contributed by atoms with Gasteiger partial charge < -0.3 is 30.9 Å². The third-order valence-electron chi connectivity index (χ3n) is 10.7. The zero-order valence-corrected chi connectivity index (χ0v) is 22.2. The summed E-state index contributed by atoms with van der Waals surface area (Å²) in [6.45, 7) is 6.27. The van der Waals surface area contributed by atoms with Crippen molar-refractivity contribution in [1.82, 2.24) is 0 Å². The number of nitrogens with zero attached hydrogens (tertiary/aromatic N) is 2. The first-order valence-electron chi connectivity index (χ1n) is 13.8. The molecule has 0 spiro atoms. The Hall–Kier alpha value is -2.33. The highest BCUT2D eigenvalue weighted by atomic mass is 16.9. The predicted molar refractivity (Wildman–Crippen MR) is 138 cm³/mol. The van der Waals surface area contributed by atoms with E-state index in [0.29, 0.717) is 41.7 Å². The third kappa shape index (κ3) is 5.19. The summed E-state index contributed by atoms with van der Waals surface area (Å²) in [5, 5.41) is 26.0. The highest BCUT2D eigenvalue weighted by molar-refractivity contribution is 5.75. The van der Waals surface area contributed by atoms with Gasteiger partial charge in [-0.3, -0.25) is 4.99 Å². The number of ether oxygens (including phenoxy) is 1. The van der Waals surface area contributed by atoms with Gasteiger partial charge in [0.15, 0.2) is 5.96 Å². The Morgan fingerprint density at radius 3 is 2.62 bits per heavy atom. The molecule has 1 aromatic rings. The number of fused-ring (bicyclic) bond motifs is 5. The number of aliphatic imine (C=N–C) groups is 1. The van der Waals surface area contributed by atoms with E-state index in [9.17, 15) is 5.11 Å². The Kier molecular flexibility index (Phi) is 8.09. The van der Waals surface area contributed by atoms with Crippen LogP contribution in [0.15, 0.2) is 28.0 Å². The molecular formula is C27H44N4O6. The first kappa shape index (κ1) is 27.7. The largest absolute Gasteiger partial charge is 0.472 e. The van der Waals surface area contributed by atoms with Crippen molar-refractivity contribution in [3.8, 4) is 0 Å². The van der Waals surface area contributed by atoms with Crippen LogP contribution in [-0.2, 0) is 4.74 Å². The first-order chi connectivity index (χ1) is 17.5. The van der Waals surface area contributed by atoms with Crippen molar-refractivity contribution < 1.29 is 24.6 Å². The van der Waals surface area contributed by atoms with Gasteiger partial charge in [-0.25, -0.2) is 0 Å². The summed E-state index contributed by atoms with van der Waals surface area (Å²) in [7, 11) is 0. The molecule has 10 nitrogen and oxygen atoms in total. The van der Waals surface area contributed by atoms with Gasteiger partial charge in [0.05, 0.1) is 24.2 Å². The molecular weight excluding hydrogens is 476 g/mol. The van der Waals surface area contributed by atoms with Crippen LogP contribution in [-0.4, -0.2) is 46.2 Å². The van der Waals surface area contributed by atoms with E-state index in [0.717, 1.165) is 51.6 Å². The topological polar surface area (TPSA) is 170 Å². The summed E-state index contributed by atoms with van der Waals surface area (Å²) < 4.78 is 11.7. The molecule has 0 aromatic carbocycles. The zero-order chi connectivity index (χ0) is 26.8. The molecule has 0 unspecified atom stereocenters. The monoisotopic (exact) mass is 520 g/mol. The molecule has 8 atom stereocenters. The SMILES string of the molecule is C[C@]12CC[C@H](OCCCN=C(N)N)C[C@H]1CC[C@@H]1[C@@H]2CC[C@]2(C)[C@@H](c3ccoc3)CC[C@]12O.O=[N+]([O-])O. The Balaban J connectivity index is 0.000000747. The van der Waals surface area contributed by atoms with E-state index < -0.39 is 10.7 Å². The fourth-order valence-corrected chi connectivity index (χ4v) is 8.87. The van der Waals surface area contributed by atoms with Crippen molar-refractivity contribution in [2.24, 2.45) is 45.0 Å². The van der Waals surface area contributed by atoms with Gasteiger partial charge in [0, 0.05) is 18.6 Å². The lowest BCUT2D eigenvalue weighted by Gasteiger charge is -2.63. The van der Waals surface area contributed by atoms with Crippen molar-refractivity contribution in [3.63, 3.8) is 0 Å². The molecule has 4 fully saturated rings. The number of guanidine groups is 1. The van der Waals surface area contributed by atoms with E-state index in [1.807, 2.05) is 6.26 Å². The van der Waals surface area contributed by atoms with E-state index in [2.05, 4.69) is 24.9 Å². The summed E-state index contributed by atoms with van der Waals surface area (Å²) in [5.74, 6) is 2.32. The van der Waals surface area contributed by atoms with Crippen molar-refractivity contribution in [1.29, 1.82) is 0 Å². The average Bonchev–Trinajstić information content (AvgIpc) is 3.44. The van der Waals surface area contributed by atoms with Gasteiger partial charge >= 0.3 is 0 Å². The highest BCUT2D eigenvalue weighted by Crippen LogP contribution is 2.70. The fourth-order valence-electron chi connectivity index (χ4n) is 8.87. The van der Waals surface area contributed by atoms with Gasteiger partial charge in [0.25, 0.3) is 5.09 Å². The summed E-state index contributed by atoms with van der Waals surface area (Å²) >= 11 is 0. The molecule has 4 aliphatic carbocycles. The van der Waals surface area contributed by atoms with Crippen LogP contribution >= 0.6 is 0 Å². The maximum Gasteiger partial charge on any atom is 0.291 e. The van der Waals surface area contributed by atoms with Gasteiger partial charge in [-0.15, -0.1) is 10.1 Å². The molecule has 1 heterocycles. The van der Waals surface area contributed by atoms with Crippen LogP contribution in [0.25, 0.3) is 0 Å². The molecule has 37 heavy (non-hydrogen) atoms. The van der Waals surface area contributed by atoms with E-state index in [4.69, 9.17) is 35.9 Å². The van der Waals surface area contributed by atoms with Gasteiger partial charge in [-0.2, -0.15) is 0 Å². The van der Waals surface area contributed by atoms with Crippen LogP contribution in [0.5, 0.6) is 0 Å². The van der Waals surface area contributed by atoms with Crippen LogP contribution < -0.4 is 11.5 Å². The lowest BCUT2D eigenvalue weighted by Crippen LogP contribution is -2.62. The maximum absolute atomic E-state index is 12.3. The van der Waals surface area contributed by atoms with Gasteiger partial charge in [-0.1, -0.05) is 13.8 Å². The molecule has 5 rings (SSSR count). The molecule has 0 aliphatic heterocycles. The second-order valence-corrected chi connectivity index (χ2v) is 12.2. The summed E-state index contributed by atoms with van der Waals surface area (Å²) in [6.07, 6.45) is 15.2. The van der Waals surface area contributed by atoms with Gasteiger partial charge in [-0.05, 0) is 105 Å². The molecule has 6 N–H and O–H groups in total. The third-order valence-corrected chi connectivity index (χ3v) is 10.7. The normalized spacial score (nSPS) is 40.4. The molecule has 0 radical (unpaired) electrons. The molecule has 4 saturated carbocycles. The summed E-state index contributed by atoms with van der Waals surface area (Å²) in [6, 6.07) is 2.12. The van der Waals surface area contributed by atoms with Crippen LogP contribution in [0, 0.1) is 38.7 Å². The first-order valence-corrected chi connectivity index (χ1v) is 13.8. The quantitative estimate of drug-likeness (QED) is 0.142. The molecule has 1 aromatic heterocycles. The summed E-state index contributed by atoms with van der Waals surface area (Å²) in [4.78, 5) is 12.4. The second-order valence-electron chi connectivity index (χ2n) is 12.2. The van der Waals surface area contributed by atoms with E-state index in [1.165, 1.54) is 24.8 Å². The van der Waals surface area contributed by atoms with Crippen LogP contribution in [0.1, 0.15) is 89.5 Å². The molecule has 0 bridgehead atoms. The Morgan fingerprint density at radius 1 is 1.19 bits per heavy atom. The molecule has 4 aliphatic rings. The van der Waals surface area contributed by atoms with Crippen LogP contribution in [0.3, 0.4) is 0 Å². The van der Waals surface area contributed by atoms with Crippen LogP contribution in [0.4, 0.5) is 0 Å². The predicted octanol–water partition coefficient (Wildman–Crippen LogP) is 4.22. The minimum atomic E-state index is -1.50. The van der Waals surface area contributed by atoms with Crippen LogP contribution in [0.2, 0.25) is 0 Å². The van der Waals surface area contributed by atoms with E-state index in [-0.39, 0.29) is 11.4 Å². The molecule has 208 valence electrons. The number of aliphatic hydroxyl groups is 1. The van der Waals surface area contributed by atoms with Gasteiger partial charge in [0.1, 0.15) is 0 Å². The number of rotatable bonds is 6. The summed E-state index contributed by atoms with van der Waals surface area (Å²) in [5.41, 5.74) is 11.8. The Bertz CT molecular complexity index is 949. The number of nitrogens with two attached hydrogens (primary N) is 2. The highest BCUT2D eigenvalue weighted by Gasteiger charge is 2.67. The van der Waals surface area contributed by atoms with Crippen molar-refractivity contribution in [2.75, 3.05) is 13.2 Å². The van der Waals surface area contributed by atoms with Crippen molar-refractivity contribution >= 4 is 5.96 Å². The molecule has 0 saturated heterocycles. The maximum atomic E-state index is 12.3. The lowest BCUT2D eigenvalue weighted by atomic mass is 9.43. The lowest BCUT2D eigenvalue weighted by molar-refractivity contribution is -0.742. The second kappa shape index (κ2) is 10.8. The van der Waals surface area contributed by atoms with Gasteiger partial charge in [0.2, 0.25) is 0 Å². The number of furan rings is 1. The minimum Gasteiger partial charge on any atom is -0.472 e. The average molecular weight is 521 g/mol. The minimum absolute atomic E-state index is 0.0447. The van der Waals surface area contributed by atoms with Crippen molar-refractivity contribution in [2.45, 2.75) is 95.7 Å². The molecule has 10 heteroatoms. The Morgan fingerprint density at radius 2 is 1.95 bits per heavy atom. The van der Waals surface area contributed by atoms with E-state index in [1.54, 1.807) is 6.26 Å². The Labute approximate surface area is 218 Å². The molecule has 0 amide bonds.